The molecule has 1 aromatic rings. The molecule has 3 N–H and O–H groups in total. The summed E-state index contributed by atoms with van der Waals surface area (Å²) in [5.74, 6) is 0.509. The van der Waals surface area contributed by atoms with Crippen molar-refractivity contribution in [3.8, 4) is 0 Å². The lowest BCUT2D eigenvalue weighted by molar-refractivity contribution is -0.120. The van der Waals surface area contributed by atoms with Crippen LogP contribution < -0.4 is 11.1 Å². The predicted octanol–water partition coefficient (Wildman–Crippen LogP) is 0.872. The van der Waals surface area contributed by atoms with Gasteiger partial charge in [0.1, 0.15) is 6.33 Å². The van der Waals surface area contributed by atoms with E-state index in [0.717, 1.165) is 10.1 Å². The van der Waals surface area contributed by atoms with Crippen LogP contribution in [0.25, 0.3) is 0 Å². The van der Waals surface area contributed by atoms with Crippen molar-refractivity contribution in [2.24, 2.45) is 5.73 Å². The Labute approximate surface area is 103 Å². The van der Waals surface area contributed by atoms with Crippen LogP contribution >= 0.6 is 23.3 Å². The second kappa shape index (κ2) is 6.82. The number of carbonyl (C=O) groups excluding carboxylic acids is 1. The van der Waals surface area contributed by atoms with E-state index in [1.54, 1.807) is 11.8 Å². The Kier molecular flexibility index (Phi) is 5.72. The molecular formula is C9H16N4OS2. The zero-order valence-corrected chi connectivity index (χ0v) is 11.0. The van der Waals surface area contributed by atoms with E-state index in [9.17, 15) is 4.79 Å². The summed E-state index contributed by atoms with van der Waals surface area (Å²) in [4.78, 5) is 15.2. The van der Waals surface area contributed by atoms with Crippen molar-refractivity contribution in [2.75, 3.05) is 5.75 Å². The first-order valence-electron chi connectivity index (χ1n) is 5.04. The van der Waals surface area contributed by atoms with E-state index >= 15 is 0 Å². The third kappa shape index (κ3) is 4.91. The lowest BCUT2D eigenvalue weighted by Crippen LogP contribution is -2.44. The van der Waals surface area contributed by atoms with Gasteiger partial charge in [-0.05, 0) is 18.0 Å². The summed E-state index contributed by atoms with van der Waals surface area (Å²) in [7, 11) is 0. The molecule has 0 bridgehead atoms. The molecule has 1 atom stereocenters. The van der Waals surface area contributed by atoms with Gasteiger partial charge in [0.15, 0.2) is 4.34 Å². The van der Waals surface area contributed by atoms with Crippen LogP contribution in [0, 0.1) is 0 Å². The van der Waals surface area contributed by atoms with Crippen LogP contribution in [-0.2, 0) is 4.79 Å². The van der Waals surface area contributed by atoms with Crippen LogP contribution in [0.2, 0.25) is 0 Å². The molecule has 1 unspecified atom stereocenters. The van der Waals surface area contributed by atoms with Crippen LogP contribution in [0.5, 0.6) is 0 Å². The molecule has 1 amide bonds. The quantitative estimate of drug-likeness (QED) is 0.711. The van der Waals surface area contributed by atoms with Crippen LogP contribution in [0.3, 0.4) is 0 Å². The van der Waals surface area contributed by atoms with Gasteiger partial charge in [0, 0.05) is 11.8 Å². The molecule has 0 aliphatic carbocycles. The first kappa shape index (κ1) is 13.4. The fourth-order valence-electron chi connectivity index (χ4n) is 1.20. The van der Waals surface area contributed by atoms with Gasteiger partial charge in [-0.1, -0.05) is 25.6 Å². The fraction of sp³-hybridized carbons (Fsp3) is 0.667. The Morgan fingerprint density at radius 2 is 2.44 bits per heavy atom. The number of amides is 1. The number of aromatic nitrogens is 2. The molecule has 1 heterocycles. The summed E-state index contributed by atoms with van der Waals surface area (Å²) in [6.45, 7) is 3.99. The topological polar surface area (TPSA) is 80.9 Å². The largest absolute Gasteiger partial charge is 0.368 e. The lowest BCUT2D eigenvalue weighted by atomic mass is 10.2. The predicted molar refractivity (Wildman–Crippen MR) is 66.5 cm³/mol. The van der Waals surface area contributed by atoms with Crippen molar-refractivity contribution in [1.82, 2.24) is 14.7 Å². The minimum atomic E-state index is -0.299. The number of primary amides is 1. The number of nitrogens with one attached hydrogen (secondary N) is 1. The molecule has 0 fully saturated rings. The Balaban J connectivity index is 2.30. The van der Waals surface area contributed by atoms with Crippen LogP contribution in [0.4, 0.5) is 0 Å². The van der Waals surface area contributed by atoms with E-state index in [0.29, 0.717) is 6.42 Å². The zero-order valence-electron chi connectivity index (χ0n) is 9.34. The molecule has 5 nitrogen and oxygen atoms in total. The van der Waals surface area contributed by atoms with E-state index in [4.69, 9.17) is 5.73 Å². The van der Waals surface area contributed by atoms with Gasteiger partial charge in [-0.15, -0.1) is 0 Å². The summed E-state index contributed by atoms with van der Waals surface area (Å²) >= 11 is 2.96. The van der Waals surface area contributed by atoms with Gasteiger partial charge in [-0.3, -0.25) is 4.79 Å². The highest BCUT2D eigenvalue weighted by Crippen LogP contribution is 2.19. The van der Waals surface area contributed by atoms with Gasteiger partial charge in [-0.2, -0.15) is 4.37 Å². The fourth-order valence-corrected chi connectivity index (χ4v) is 2.72. The maximum absolute atomic E-state index is 11.2. The Morgan fingerprint density at radius 1 is 1.69 bits per heavy atom. The summed E-state index contributed by atoms with van der Waals surface area (Å²) in [6.07, 6.45) is 2.24. The minimum absolute atomic E-state index is 0.254. The summed E-state index contributed by atoms with van der Waals surface area (Å²) in [6, 6.07) is -0.00977. The summed E-state index contributed by atoms with van der Waals surface area (Å²) in [5, 5.41) is 3.14. The van der Waals surface area contributed by atoms with E-state index in [1.807, 2.05) is 13.8 Å². The number of nitrogens with two attached hydrogens (primary N) is 1. The molecule has 0 saturated carbocycles. The molecule has 7 heteroatoms. The van der Waals surface area contributed by atoms with Crippen LogP contribution in [0.1, 0.15) is 20.3 Å². The highest BCUT2D eigenvalue weighted by molar-refractivity contribution is 8.00. The Morgan fingerprint density at radius 3 is 2.94 bits per heavy atom. The van der Waals surface area contributed by atoms with Gasteiger partial charge in [0.05, 0.1) is 6.04 Å². The standard InChI is InChI=1S/C9H16N4OS2/c1-6(2)13-7(8(10)14)3-4-15-9-11-5-12-16-9/h5-7,13H,3-4H2,1-2H3,(H2,10,14). The minimum Gasteiger partial charge on any atom is -0.368 e. The zero-order chi connectivity index (χ0) is 12.0. The van der Waals surface area contributed by atoms with E-state index < -0.39 is 0 Å². The van der Waals surface area contributed by atoms with Crippen molar-refractivity contribution in [3.63, 3.8) is 0 Å². The monoisotopic (exact) mass is 260 g/mol. The summed E-state index contributed by atoms with van der Waals surface area (Å²) < 4.78 is 4.83. The molecule has 90 valence electrons. The third-order valence-corrected chi connectivity index (χ3v) is 3.68. The van der Waals surface area contributed by atoms with Gasteiger partial charge >= 0.3 is 0 Å². The molecule has 0 aliphatic rings. The lowest BCUT2D eigenvalue weighted by Gasteiger charge is -2.17. The molecule has 16 heavy (non-hydrogen) atoms. The van der Waals surface area contributed by atoms with Crippen molar-refractivity contribution < 1.29 is 4.79 Å². The SMILES string of the molecule is CC(C)NC(CCSc1ncns1)C(N)=O. The molecule has 1 rings (SSSR count). The normalized spacial score (nSPS) is 12.9. The van der Waals surface area contributed by atoms with Crippen molar-refractivity contribution in [3.05, 3.63) is 6.33 Å². The molecule has 0 radical (unpaired) electrons. The van der Waals surface area contributed by atoms with Crippen molar-refractivity contribution in [2.45, 2.75) is 36.7 Å². The first-order chi connectivity index (χ1) is 7.59. The number of hydrogen-bond acceptors (Lipinski definition) is 6. The van der Waals surface area contributed by atoms with E-state index in [2.05, 4.69) is 14.7 Å². The molecular weight excluding hydrogens is 244 g/mol. The molecule has 0 aliphatic heterocycles. The number of thioether (sulfide) groups is 1. The maximum Gasteiger partial charge on any atom is 0.234 e. The smallest absolute Gasteiger partial charge is 0.234 e. The van der Waals surface area contributed by atoms with Crippen molar-refractivity contribution >= 4 is 29.2 Å². The van der Waals surface area contributed by atoms with E-state index in [1.165, 1.54) is 17.9 Å². The number of rotatable bonds is 7. The first-order valence-corrected chi connectivity index (χ1v) is 6.80. The van der Waals surface area contributed by atoms with Crippen molar-refractivity contribution in [1.29, 1.82) is 0 Å². The van der Waals surface area contributed by atoms with Gasteiger partial charge in [-0.25, -0.2) is 4.98 Å². The summed E-state index contributed by atoms with van der Waals surface area (Å²) in [5.41, 5.74) is 5.31. The average molecular weight is 260 g/mol. The molecule has 0 saturated heterocycles. The number of nitrogens with zero attached hydrogens (tertiary/aromatic N) is 2. The van der Waals surface area contributed by atoms with Crippen LogP contribution in [-0.4, -0.2) is 33.1 Å². The van der Waals surface area contributed by atoms with E-state index in [-0.39, 0.29) is 18.0 Å². The third-order valence-electron chi connectivity index (χ3n) is 1.85. The number of hydrogen-bond donors (Lipinski definition) is 2. The highest BCUT2D eigenvalue weighted by Gasteiger charge is 2.15. The molecule has 1 aromatic heterocycles. The van der Waals surface area contributed by atoms with Gasteiger partial charge < -0.3 is 11.1 Å². The Hall–Kier alpha value is -0.660. The van der Waals surface area contributed by atoms with Gasteiger partial charge in [0.25, 0.3) is 0 Å². The average Bonchev–Trinajstić information content (AvgIpc) is 2.68. The highest BCUT2D eigenvalue weighted by atomic mass is 32.2. The maximum atomic E-state index is 11.2. The van der Waals surface area contributed by atoms with Crippen LogP contribution in [0.15, 0.2) is 10.7 Å². The second-order valence-electron chi connectivity index (χ2n) is 3.62. The molecule has 0 spiro atoms. The second-order valence-corrected chi connectivity index (χ2v) is 5.74. The number of carbonyl (C=O) groups is 1. The van der Waals surface area contributed by atoms with Gasteiger partial charge in [0.2, 0.25) is 5.91 Å². The Bertz CT molecular complexity index is 315. The molecule has 0 aromatic carbocycles.